The molecule has 0 saturated heterocycles. The van der Waals surface area contributed by atoms with Gasteiger partial charge in [0.05, 0.1) is 15.6 Å². The van der Waals surface area contributed by atoms with Crippen molar-refractivity contribution in [2.45, 2.75) is 9.79 Å². The maximum absolute atomic E-state index is 12.4. The minimum absolute atomic E-state index is 0.255. The molecule has 2 rings (SSSR count). The van der Waals surface area contributed by atoms with Crippen LogP contribution in [0.4, 0.5) is 0 Å². The molecule has 0 heterocycles. The standard InChI is InChI=1S/C14H10Cl2N2O7S2/c15-9-3-1-7(5-11(9)26(17,22)23)13(19)18-27(24,25)12-6-8(14(20)21)2-4-10(12)16/h1-6H,(H,18,19)(H,20,21)(H2,17,22,23). The number of nitrogens with two attached hydrogens (primary N) is 1. The van der Waals surface area contributed by atoms with E-state index < -0.39 is 41.7 Å². The molecule has 0 radical (unpaired) electrons. The molecule has 0 aliphatic rings. The molecule has 2 aromatic rings. The van der Waals surface area contributed by atoms with Gasteiger partial charge >= 0.3 is 5.97 Å². The molecule has 0 atom stereocenters. The number of carboxylic acids is 1. The lowest BCUT2D eigenvalue weighted by atomic mass is 10.2. The number of aromatic carboxylic acids is 1. The number of primary sulfonamides is 1. The van der Waals surface area contributed by atoms with E-state index in [0.29, 0.717) is 0 Å². The second kappa shape index (κ2) is 7.44. The summed E-state index contributed by atoms with van der Waals surface area (Å²) in [5.74, 6) is -2.60. The van der Waals surface area contributed by atoms with Gasteiger partial charge in [0.25, 0.3) is 15.9 Å². The number of hydrogen-bond acceptors (Lipinski definition) is 6. The first-order chi connectivity index (χ1) is 12.3. The monoisotopic (exact) mass is 452 g/mol. The van der Waals surface area contributed by atoms with Gasteiger partial charge in [-0.3, -0.25) is 4.79 Å². The van der Waals surface area contributed by atoms with Crippen molar-refractivity contribution in [3.8, 4) is 0 Å². The van der Waals surface area contributed by atoms with Crippen LogP contribution in [0.5, 0.6) is 0 Å². The van der Waals surface area contributed by atoms with E-state index in [1.165, 1.54) is 0 Å². The fraction of sp³-hybridized carbons (Fsp3) is 0. The topological polar surface area (TPSA) is 161 Å². The summed E-state index contributed by atoms with van der Waals surface area (Å²) < 4.78 is 49.3. The zero-order chi connectivity index (χ0) is 20.6. The highest BCUT2D eigenvalue weighted by Gasteiger charge is 2.24. The molecule has 0 aliphatic carbocycles. The summed E-state index contributed by atoms with van der Waals surface area (Å²) >= 11 is 11.5. The van der Waals surface area contributed by atoms with Crippen LogP contribution in [0.2, 0.25) is 10.0 Å². The van der Waals surface area contributed by atoms with E-state index in [9.17, 15) is 26.4 Å². The van der Waals surface area contributed by atoms with Crippen molar-refractivity contribution < 1.29 is 31.5 Å². The Morgan fingerprint density at radius 2 is 1.37 bits per heavy atom. The van der Waals surface area contributed by atoms with E-state index in [0.717, 1.165) is 36.4 Å². The summed E-state index contributed by atoms with van der Waals surface area (Å²) in [7, 11) is -8.82. The molecule has 1 amide bonds. The van der Waals surface area contributed by atoms with E-state index in [4.69, 9.17) is 33.4 Å². The first-order valence-electron chi connectivity index (χ1n) is 6.75. The van der Waals surface area contributed by atoms with E-state index in [-0.39, 0.29) is 21.2 Å². The second-order valence-corrected chi connectivity index (χ2v) is 9.07. The van der Waals surface area contributed by atoms with Crippen molar-refractivity contribution in [2.24, 2.45) is 5.14 Å². The van der Waals surface area contributed by atoms with Crippen LogP contribution in [-0.2, 0) is 20.0 Å². The third-order valence-electron chi connectivity index (χ3n) is 3.19. The molecular weight excluding hydrogens is 443 g/mol. The molecule has 0 spiro atoms. The third-order valence-corrected chi connectivity index (χ3v) is 6.40. The average Bonchev–Trinajstić information content (AvgIpc) is 2.53. The number of carbonyl (C=O) groups is 2. The highest BCUT2D eigenvalue weighted by atomic mass is 35.5. The molecule has 0 unspecified atom stereocenters. The minimum atomic E-state index is -4.56. The molecule has 0 bridgehead atoms. The summed E-state index contributed by atoms with van der Waals surface area (Å²) in [6.45, 7) is 0. The molecule has 0 saturated carbocycles. The van der Waals surface area contributed by atoms with Gasteiger partial charge < -0.3 is 5.11 Å². The Kier molecular flexibility index (Phi) is 5.82. The van der Waals surface area contributed by atoms with Crippen molar-refractivity contribution in [2.75, 3.05) is 0 Å². The molecule has 13 heteroatoms. The van der Waals surface area contributed by atoms with Crippen LogP contribution < -0.4 is 9.86 Å². The number of amides is 1. The smallest absolute Gasteiger partial charge is 0.335 e. The van der Waals surface area contributed by atoms with Crippen molar-refractivity contribution in [1.29, 1.82) is 0 Å². The van der Waals surface area contributed by atoms with Gasteiger partial charge in [-0.25, -0.2) is 31.5 Å². The maximum atomic E-state index is 12.4. The van der Waals surface area contributed by atoms with Crippen LogP contribution >= 0.6 is 23.2 Å². The molecule has 27 heavy (non-hydrogen) atoms. The highest BCUT2D eigenvalue weighted by Crippen LogP contribution is 2.24. The number of nitrogens with one attached hydrogen (secondary N) is 1. The first-order valence-corrected chi connectivity index (χ1v) is 10.5. The van der Waals surface area contributed by atoms with Crippen molar-refractivity contribution >= 4 is 55.1 Å². The van der Waals surface area contributed by atoms with E-state index >= 15 is 0 Å². The number of sulfonamides is 2. The SMILES string of the molecule is NS(=O)(=O)c1cc(C(=O)NS(=O)(=O)c2cc(C(=O)O)ccc2Cl)ccc1Cl. The van der Waals surface area contributed by atoms with E-state index in [1.54, 1.807) is 4.72 Å². The predicted molar refractivity (Wildman–Crippen MR) is 95.9 cm³/mol. The molecular formula is C14H10Cl2N2O7S2. The summed E-state index contributed by atoms with van der Waals surface area (Å²) in [4.78, 5) is 22.0. The molecule has 9 nitrogen and oxygen atoms in total. The van der Waals surface area contributed by atoms with Gasteiger partial charge in [-0.2, -0.15) is 0 Å². The second-order valence-electron chi connectivity index (χ2n) is 5.08. The average molecular weight is 453 g/mol. The Morgan fingerprint density at radius 1 is 0.889 bits per heavy atom. The lowest BCUT2D eigenvalue weighted by molar-refractivity contribution is 0.0696. The molecule has 0 aromatic heterocycles. The summed E-state index contributed by atoms with van der Waals surface area (Å²) in [6, 6.07) is 5.85. The Bertz CT molecular complexity index is 1160. The first kappa shape index (κ1) is 21.1. The van der Waals surface area contributed by atoms with E-state index in [2.05, 4.69) is 0 Å². The summed E-state index contributed by atoms with van der Waals surface area (Å²) in [5.41, 5.74) is -0.729. The molecule has 144 valence electrons. The van der Waals surface area contributed by atoms with Gasteiger partial charge in [0.1, 0.15) is 9.79 Å². The number of benzene rings is 2. The fourth-order valence-corrected chi connectivity index (χ4v) is 4.51. The molecule has 0 aliphatic heterocycles. The van der Waals surface area contributed by atoms with Gasteiger partial charge in [-0.1, -0.05) is 23.2 Å². The Balaban J connectivity index is 2.44. The molecule has 4 N–H and O–H groups in total. The quantitative estimate of drug-likeness (QED) is 0.618. The van der Waals surface area contributed by atoms with Crippen LogP contribution in [0.1, 0.15) is 20.7 Å². The van der Waals surface area contributed by atoms with Crippen LogP contribution in [0.25, 0.3) is 0 Å². The number of hydrogen-bond donors (Lipinski definition) is 3. The summed E-state index contributed by atoms with van der Waals surface area (Å²) in [5, 5.41) is 13.4. The van der Waals surface area contributed by atoms with Gasteiger partial charge in [0, 0.05) is 5.56 Å². The number of halogens is 2. The number of carboxylic acid groups (broad SMARTS) is 1. The predicted octanol–water partition coefficient (Wildman–Crippen LogP) is 1.46. The number of rotatable bonds is 5. The van der Waals surface area contributed by atoms with Gasteiger partial charge in [0.15, 0.2) is 0 Å². The zero-order valence-electron chi connectivity index (χ0n) is 13.0. The van der Waals surface area contributed by atoms with Crippen LogP contribution in [0.3, 0.4) is 0 Å². The zero-order valence-corrected chi connectivity index (χ0v) is 16.2. The number of carbonyl (C=O) groups excluding carboxylic acids is 1. The fourth-order valence-electron chi connectivity index (χ4n) is 1.94. The Labute approximate surface area is 163 Å². The lowest BCUT2D eigenvalue weighted by Gasteiger charge is -2.10. The lowest BCUT2D eigenvalue weighted by Crippen LogP contribution is -2.31. The Hall–Kier alpha value is -2.18. The molecule has 2 aromatic carbocycles. The third kappa shape index (κ3) is 4.76. The van der Waals surface area contributed by atoms with Crippen molar-refractivity contribution in [3.05, 3.63) is 57.6 Å². The van der Waals surface area contributed by atoms with E-state index in [1.807, 2.05) is 0 Å². The van der Waals surface area contributed by atoms with Crippen LogP contribution in [0.15, 0.2) is 46.2 Å². The van der Waals surface area contributed by atoms with Crippen molar-refractivity contribution in [3.63, 3.8) is 0 Å². The van der Waals surface area contributed by atoms with Gasteiger partial charge in [0.2, 0.25) is 10.0 Å². The van der Waals surface area contributed by atoms with Gasteiger partial charge in [-0.15, -0.1) is 0 Å². The van der Waals surface area contributed by atoms with Crippen molar-refractivity contribution in [1.82, 2.24) is 4.72 Å². The highest BCUT2D eigenvalue weighted by molar-refractivity contribution is 7.90. The molecule has 0 fully saturated rings. The summed E-state index contributed by atoms with van der Waals surface area (Å²) in [6.07, 6.45) is 0. The van der Waals surface area contributed by atoms with Gasteiger partial charge in [-0.05, 0) is 36.4 Å². The Morgan fingerprint density at radius 3 is 1.89 bits per heavy atom. The normalized spacial score (nSPS) is 11.8. The van der Waals surface area contributed by atoms with Crippen LogP contribution in [0, 0.1) is 0 Å². The minimum Gasteiger partial charge on any atom is -0.478 e. The maximum Gasteiger partial charge on any atom is 0.335 e. The largest absolute Gasteiger partial charge is 0.478 e. The van der Waals surface area contributed by atoms with Crippen LogP contribution in [-0.4, -0.2) is 33.8 Å².